The first-order valence-corrected chi connectivity index (χ1v) is 5.21. The molecule has 96 valence electrons. The first-order chi connectivity index (χ1) is 7.80. The normalized spacial score (nSPS) is 10.0. The monoisotopic (exact) mass is 262 g/mol. The Labute approximate surface area is 105 Å². The third-order valence-electron chi connectivity index (χ3n) is 1.49. The van der Waals surface area contributed by atoms with Gasteiger partial charge in [0.15, 0.2) is 0 Å². The summed E-state index contributed by atoms with van der Waals surface area (Å²) in [5.41, 5.74) is 2.52. The molecule has 0 saturated heterocycles. The largest absolute Gasteiger partial charge is 0.462 e. The number of carbonyl (C=O) groups excluding carboxylic acids is 1. The number of nitrogens with one attached hydrogen (secondary N) is 1. The molecule has 0 fully saturated rings. The van der Waals surface area contributed by atoms with Gasteiger partial charge in [0.25, 0.3) is 6.47 Å². The number of anilines is 1. The van der Waals surface area contributed by atoms with Gasteiger partial charge < -0.3 is 10.2 Å². The van der Waals surface area contributed by atoms with Crippen molar-refractivity contribution in [1.82, 2.24) is 0 Å². The lowest BCUT2D eigenvalue weighted by Crippen LogP contribution is -2.17. The first-order valence-electron chi connectivity index (χ1n) is 4.83. The minimum atomic E-state index is -0.371. The van der Waals surface area contributed by atoms with E-state index in [9.17, 15) is 9.18 Å². The summed E-state index contributed by atoms with van der Waals surface area (Å²) in [4.78, 5) is 9.60. The molecule has 0 aromatic heterocycles. The number of hydrazine groups is 1. The Morgan fingerprint density at radius 2 is 2.06 bits per heavy atom. The van der Waals surface area contributed by atoms with Gasteiger partial charge in [0.05, 0.1) is 10.7 Å². The van der Waals surface area contributed by atoms with Gasteiger partial charge in [-0.3, -0.25) is 10.6 Å². The molecular weight excluding hydrogens is 247 g/mol. The van der Waals surface area contributed by atoms with Crippen molar-refractivity contribution in [1.29, 1.82) is 0 Å². The second kappa shape index (κ2) is 7.09. The van der Waals surface area contributed by atoms with Crippen molar-refractivity contribution < 1.29 is 13.9 Å². The van der Waals surface area contributed by atoms with Gasteiger partial charge in [-0.2, -0.15) is 0 Å². The molecule has 1 rings (SSSR count). The number of halogens is 2. The summed E-state index contributed by atoms with van der Waals surface area (Å²) in [5.74, 6) is 4.67. The fourth-order valence-corrected chi connectivity index (χ4v) is 0.973. The van der Waals surface area contributed by atoms with Crippen LogP contribution in [-0.4, -0.2) is 12.1 Å². The maximum Gasteiger partial charge on any atom is 0.293 e. The molecule has 1 aromatic rings. The van der Waals surface area contributed by atoms with Crippen molar-refractivity contribution >= 4 is 23.8 Å². The fraction of sp³-hybridized carbons (Fsp3) is 0.364. The molecule has 0 aliphatic carbocycles. The second-order valence-corrected chi connectivity index (χ2v) is 4.50. The van der Waals surface area contributed by atoms with E-state index < -0.39 is 0 Å². The Kier molecular flexibility index (Phi) is 6.53. The van der Waals surface area contributed by atoms with E-state index in [4.69, 9.17) is 17.4 Å². The molecule has 0 atom stereocenters. The third kappa shape index (κ3) is 7.54. The standard InChI is InChI=1S/C6H6ClFN2.C5H10O2/c7-5-3-4(8)1-2-6(5)10-9;1-5(2,3)7-4-6/h1-3,10H,9H2;4H,1-3H3. The molecule has 0 amide bonds. The molecule has 0 bridgehead atoms. The summed E-state index contributed by atoms with van der Waals surface area (Å²) in [7, 11) is 0. The van der Waals surface area contributed by atoms with E-state index in [1.165, 1.54) is 18.2 Å². The van der Waals surface area contributed by atoms with Gasteiger partial charge in [-0.1, -0.05) is 11.6 Å². The van der Waals surface area contributed by atoms with Crippen molar-refractivity contribution in [3.05, 3.63) is 29.0 Å². The number of ether oxygens (including phenoxy) is 1. The summed E-state index contributed by atoms with van der Waals surface area (Å²) in [6.07, 6.45) is 0. The van der Waals surface area contributed by atoms with E-state index in [1.807, 2.05) is 20.8 Å². The zero-order chi connectivity index (χ0) is 13.5. The zero-order valence-corrected chi connectivity index (χ0v) is 10.7. The number of rotatable bonds is 2. The Morgan fingerprint density at radius 3 is 2.35 bits per heavy atom. The molecule has 4 nitrogen and oxygen atoms in total. The van der Waals surface area contributed by atoms with Gasteiger partial charge in [-0.05, 0) is 39.0 Å². The molecule has 0 saturated carbocycles. The molecule has 0 radical (unpaired) electrons. The Balaban J connectivity index is 0.000000325. The van der Waals surface area contributed by atoms with Crippen molar-refractivity contribution in [2.75, 3.05) is 5.43 Å². The summed E-state index contributed by atoms with van der Waals surface area (Å²) >= 11 is 5.55. The fourth-order valence-electron chi connectivity index (χ4n) is 0.751. The SMILES string of the molecule is CC(C)(C)OC=O.NNc1ccc(F)cc1Cl. The predicted octanol–water partition coefficient (Wildman–Crippen LogP) is 2.72. The molecule has 0 aliphatic rings. The van der Waals surface area contributed by atoms with Crippen LogP contribution in [0, 0.1) is 5.82 Å². The summed E-state index contributed by atoms with van der Waals surface area (Å²) in [6.45, 7) is 5.92. The molecule has 1 aromatic carbocycles. The van der Waals surface area contributed by atoms with Gasteiger partial charge in [0.2, 0.25) is 0 Å². The minimum Gasteiger partial charge on any atom is -0.462 e. The quantitative estimate of drug-likeness (QED) is 0.489. The smallest absolute Gasteiger partial charge is 0.293 e. The number of hydrogen-bond donors (Lipinski definition) is 2. The lowest BCUT2D eigenvalue weighted by atomic mass is 10.2. The Bertz CT molecular complexity index is 367. The molecular formula is C11H16ClFN2O2. The highest BCUT2D eigenvalue weighted by Gasteiger charge is 2.07. The predicted molar refractivity (Wildman–Crippen MR) is 66.1 cm³/mol. The molecule has 0 unspecified atom stereocenters. The van der Waals surface area contributed by atoms with Crippen molar-refractivity contribution in [2.45, 2.75) is 26.4 Å². The highest BCUT2D eigenvalue weighted by molar-refractivity contribution is 6.33. The van der Waals surface area contributed by atoms with Gasteiger partial charge in [-0.15, -0.1) is 0 Å². The average molecular weight is 263 g/mol. The molecule has 0 heterocycles. The maximum absolute atomic E-state index is 12.3. The van der Waals surface area contributed by atoms with Gasteiger partial charge in [0.1, 0.15) is 11.4 Å². The van der Waals surface area contributed by atoms with Crippen LogP contribution in [0.2, 0.25) is 5.02 Å². The summed E-state index contributed by atoms with van der Waals surface area (Å²) in [5, 5.41) is 0.280. The van der Waals surface area contributed by atoms with Crippen LogP contribution in [0.5, 0.6) is 0 Å². The Hall–Kier alpha value is -1.33. The van der Waals surface area contributed by atoms with E-state index in [1.54, 1.807) is 0 Å². The van der Waals surface area contributed by atoms with Crippen molar-refractivity contribution in [3.8, 4) is 0 Å². The number of nitrogen functional groups attached to an aromatic ring is 1. The highest BCUT2D eigenvalue weighted by Crippen LogP contribution is 2.20. The number of carbonyl (C=O) groups is 1. The zero-order valence-electron chi connectivity index (χ0n) is 9.96. The summed E-state index contributed by atoms with van der Waals surface area (Å²) in [6, 6.07) is 3.94. The summed E-state index contributed by atoms with van der Waals surface area (Å²) < 4.78 is 16.9. The van der Waals surface area contributed by atoms with Gasteiger partial charge in [-0.25, -0.2) is 4.39 Å². The Morgan fingerprint density at radius 1 is 1.47 bits per heavy atom. The van der Waals surface area contributed by atoms with Crippen LogP contribution in [0.25, 0.3) is 0 Å². The van der Waals surface area contributed by atoms with Crippen molar-refractivity contribution in [3.63, 3.8) is 0 Å². The lowest BCUT2D eigenvalue weighted by molar-refractivity contribution is -0.138. The topological polar surface area (TPSA) is 64.3 Å². The number of benzene rings is 1. The number of nitrogens with two attached hydrogens (primary N) is 1. The van der Waals surface area contributed by atoms with Crippen molar-refractivity contribution in [2.24, 2.45) is 5.84 Å². The van der Waals surface area contributed by atoms with Gasteiger partial charge >= 0.3 is 0 Å². The molecule has 17 heavy (non-hydrogen) atoms. The van der Waals surface area contributed by atoms with Crippen LogP contribution in [0.4, 0.5) is 10.1 Å². The maximum atomic E-state index is 12.3. The first kappa shape index (κ1) is 15.7. The van der Waals surface area contributed by atoms with Gasteiger partial charge in [0, 0.05) is 0 Å². The van der Waals surface area contributed by atoms with E-state index in [0.717, 1.165) is 0 Å². The lowest BCUT2D eigenvalue weighted by Gasteiger charge is -2.14. The van der Waals surface area contributed by atoms with Crippen LogP contribution in [0.1, 0.15) is 20.8 Å². The van der Waals surface area contributed by atoms with Crippen LogP contribution in [-0.2, 0) is 9.53 Å². The average Bonchev–Trinajstić information content (AvgIpc) is 2.16. The molecule has 0 spiro atoms. The highest BCUT2D eigenvalue weighted by atomic mass is 35.5. The van der Waals surface area contributed by atoms with E-state index in [2.05, 4.69) is 10.2 Å². The van der Waals surface area contributed by atoms with Crippen LogP contribution in [0.15, 0.2) is 18.2 Å². The van der Waals surface area contributed by atoms with E-state index in [0.29, 0.717) is 12.2 Å². The third-order valence-corrected chi connectivity index (χ3v) is 1.80. The number of hydrogen-bond acceptors (Lipinski definition) is 4. The minimum absolute atomic E-state index is 0.280. The van der Waals surface area contributed by atoms with Crippen LogP contribution >= 0.6 is 11.6 Å². The van der Waals surface area contributed by atoms with E-state index >= 15 is 0 Å². The molecule has 6 heteroatoms. The van der Waals surface area contributed by atoms with Crippen LogP contribution in [0.3, 0.4) is 0 Å². The van der Waals surface area contributed by atoms with Crippen LogP contribution < -0.4 is 11.3 Å². The molecule has 3 N–H and O–H groups in total. The second-order valence-electron chi connectivity index (χ2n) is 4.09. The molecule has 0 aliphatic heterocycles. The van der Waals surface area contributed by atoms with E-state index in [-0.39, 0.29) is 16.4 Å².